The average molecular weight is 243 g/mol. The van der Waals surface area contributed by atoms with Crippen molar-refractivity contribution in [2.24, 2.45) is 11.7 Å². The van der Waals surface area contributed by atoms with Gasteiger partial charge in [-0.25, -0.2) is 0 Å². The average Bonchev–Trinajstić information content (AvgIpc) is 2.54. The highest BCUT2D eigenvalue weighted by Gasteiger charge is 2.32. The third kappa shape index (κ3) is 4.94. The molecule has 1 fully saturated rings. The van der Waals surface area contributed by atoms with Crippen LogP contribution >= 0.6 is 0 Å². The topological polar surface area (TPSA) is 55.5 Å². The lowest BCUT2D eigenvalue weighted by molar-refractivity contribution is -0.0539. The summed E-state index contributed by atoms with van der Waals surface area (Å²) in [5, 5.41) is 8.81. The van der Waals surface area contributed by atoms with Crippen LogP contribution in [0.2, 0.25) is 0 Å². The molecule has 0 aliphatic heterocycles. The Labute approximate surface area is 106 Å². The minimum atomic E-state index is -0.0995. The monoisotopic (exact) mass is 243 g/mol. The van der Waals surface area contributed by atoms with Crippen LogP contribution in [0.25, 0.3) is 0 Å². The first-order valence-electron chi connectivity index (χ1n) is 7.21. The van der Waals surface area contributed by atoms with E-state index in [1.807, 2.05) is 0 Å². The Morgan fingerprint density at radius 1 is 1.35 bits per heavy atom. The van der Waals surface area contributed by atoms with Gasteiger partial charge in [-0.15, -0.1) is 0 Å². The van der Waals surface area contributed by atoms with Gasteiger partial charge in [0.25, 0.3) is 0 Å². The summed E-state index contributed by atoms with van der Waals surface area (Å²) in [5.41, 5.74) is 5.82. The van der Waals surface area contributed by atoms with E-state index in [4.69, 9.17) is 15.6 Å². The second kappa shape index (κ2) is 8.06. The van der Waals surface area contributed by atoms with Crippen molar-refractivity contribution in [3.63, 3.8) is 0 Å². The van der Waals surface area contributed by atoms with Gasteiger partial charge in [-0.05, 0) is 31.6 Å². The molecule has 3 N–H and O–H groups in total. The molecule has 1 aliphatic rings. The van der Waals surface area contributed by atoms with E-state index in [9.17, 15) is 0 Å². The number of aliphatic hydroxyl groups is 1. The van der Waals surface area contributed by atoms with E-state index in [2.05, 4.69) is 6.92 Å². The number of aliphatic hydroxyl groups excluding tert-OH is 1. The molecule has 0 amide bonds. The van der Waals surface area contributed by atoms with E-state index in [1.165, 1.54) is 32.1 Å². The Balaban J connectivity index is 2.43. The molecule has 0 aromatic heterocycles. The van der Waals surface area contributed by atoms with E-state index < -0.39 is 0 Å². The normalized spacial score (nSPS) is 30.2. The van der Waals surface area contributed by atoms with Crippen molar-refractivity contribution in [1.29, 1.82) is 0 Å². The van der Waals surface area contributed by atoms with Crippen molar-refractivity contribution in [2.45, 2.75) is 63.9 Å². The molecule has 3 heteroatoms. The van der Waals surface area contributed by atoms with E-state index in [1.54, 1.807) is 0 Å². The van der Waals surface area contributed by atoms with Crippen molar-refractivity contribution in [3.05, 3.63) is 0 Å². The van der Waals surface area contributed by atoms with Crippen LogP contribution in [0.15, 0.2) is 0 Å². The highest BCUT2D eigenvalue weighted by molar-refractivity contribution is 4.86. The molecule has 17 heavy (non-hydrogen) atoms. The van der Waals surface area contributed by atoms with Crippen LogP contribution in [0.3, 0.4) is 0 Å². The highest BCUT2D eigenvalue weighted by Crippen LogP contribution is 2.34. The van der Waals surface area contributed by atoms with E-state index in [0.717, 1.165) is 25.2 Å². The quantitative estimate of drug-likeness (QED) is 0.533. The van der Waals surface area contributed by atoms with E-state index in [-0.39, 0.29) is 12.2 Å². The summed E-state index contributed by atoms with van der Waals surface area (Å²) in [4.78, 5) is 0. The highest BCUT2D eigenvalue weighted by atomic mass is 16.5. The maximum atomic E-state index is 8.81. The Morgan fingerprint density at radius 3 is 2.82 bits per heavy atom. The van der Waals surface area contributed by atoms with Crippen LogP contribution < -0.4 is 5.73 Å². The number of rotatable bonds is 7. The molecule has 102 valence electrons. The van der Waals surface area contributed by atoms with Gasteiger partial charge in [-0.1, -0.05) is 32.6 Å². The summed E-state index contributed by atoms with van der Waals surface area (Å²) < 4.78 is 5.98. The maximum absolute atomic E-state index is 8.81. The zero-order valence-electron chi connectivity index (χ0n) is 11.3. The molecule has 0 bridgehead atoms. The fourth-order valence-corrected chi connectivity index (χ4v) is 2.91. The van der Waals surface area contributed by atoms with Crippen LogP contribution in [-0.2, 0) is 4.74 Å². The molecule has 0 aromatic rings. The standard InChI is InChI=1S/C14H29NO2/c1-2-5-13-6-3-8-14(12-15,9-7-13)17-11-4-10-16/h13,16H,2-12,15H2,1H3. The Bertz CT molecular complexity index is 199. The molecule has 1 saturated carbocycles. The molecule has 2 atom stereocenters. The van der Waals surface area contributed by atoms with Crippen molar-refractivity contribution < 1.29 is 9.84 Å². The lowest BCUT2D eigenvalue weighted by Crippen LogP contribution is -2.40. The van der Waals surface area contributed by atoms with Gasteiger partial charge >= 0.3 is 0 Å². The summed E-state index contributed by atoms with van der Waals surface area (Å²) in [5.74, 6) is 0.870. The van der Waals surface area contributed by atoms with Crippen LogP contribution in [-0.4, -0.2) is 30.5 Å². The molecule has 2 unspecified atom stereocenters. The molecule has 0 saturated heterocycles. The fourth-order valence-electron chi connectivity index (χ4n) is 2.91. The molecule has 1 rings (SSSR count). The van der Waals surface area contributed by atoms with Crippen molar-refractivity contribution in [3.8, 4) is 0 Å². The van der Waals surface area contributed by atoms with E-state index >= 15 is 0 Å². The van der Waals surface area contributed by atoms with Gasteiger partial charge in [-0.3, -0.25) is 0 Å². The van der Waals surface area contributed by atoms with Crippen LogP contribution in [0.5, 0.6) is 0 Å². The first-order chi connectivity index (χ1) is 8.26. The predicted molar refractivity (Wildman–Crippen MR) is 70.9 cm³/mol. The summed E-state index contributed by atoms with van der Waals surface area (Å²) in [7, 11) is 0. The number of hydrogen-bond donors (Lipinski definition) is 2. The largest absolute Gasteiger partial charge is 0.396 e. The van der Waals surface area contributed by atoms with Gasteiger partial charge < -0.3 is 15.6 Å². The third-order valence-electron chi connectivity index (χ3n) is 4.03. The Morgan fingerprint density at radius 2 is 2.18 bits per heavy atom. The molecule has 0 radical (unpaired) electrons. The second-order valence-corrected chi connectivity index (χ2v) is 5.40. The lowest BCUT2D eigenvalue weighted by Gasteiger charge is -2.31. The lowest BCUT2D eigenvalue weighted by atomic mass is 9.92. The minimum Gasteiger partial charge on any atom is -0.396 e. The van der Waals surface area contributed by atoms with Gasteiger partial charge in [0, 0.05) is 19.8 Å². The third-order valence-corrected chi connectivity index (χ3v) is 4.03. The van der Waals surface area contributed by atoms with E-state index in [0.29, 0.717) is 13.2 Å². The zero-order chi connectivity index (χ0) is 12.6. The Hall–Kier alpha value is -0.120. The Kier molecular flexibility index (Phi) is 7.09. The van der Waals surface area contributed by atoms with Gasteiger partial charge in [0.15, 0.2) is 0 Å². The van der Waals surface area contributed by atoms with Crippen LogP contribution in [0, 0.1) is 5.92 Å². The van der Waals surface area contributed by atoms with Crippen LogP contribution in [0.4, 0.5) is 0 Å². The van der Waals surface area contributed by atoms with Crippen molar-refractivity contribution in [2.75, 3.05) is 19.8 Å². The summed E-state index contributed by atoms with van der Waals surface area (Å²) >= 11 is 0. The molecule has 1 aliphatic carbocycles. The summed E-state index contributed by atoms with van der Waals surface area (Å²) in [6.45, 7) is 3.74. The molecule has 0 spiro atoms. The first kappa shape index (κ1) is 14.9. The smallest absolute Gasteiger partial charge is 0.0804 e. The number of ether oxygens (including phenoxy) is 1. The number of nitrogens with two attached hydrogens (primary N) is 1. The van der Waals surface area contributed by atoms with Gasteiger partial charge in [0.2, 0.25) is 0 Å². The maximum Gasteiger partial charge on any atom is 0.0804 e. The first-order valence-corrected chi connectivity index (χ1v) is 7.21. The molecule has 3 nitrogen and oxygen atoms in total. The van der Waals surface area contributed by atoms with Gasteiger partial charge in [0.05, 0.1) is 5.60 Å². The molecule has 0 aromatic carbocycles. The summed E-state index contributed by atoms with van der Waals surface area (Å²) in [6, 6.07) is 0. The molecular formula is C14H29NO2. The fraction of sp³-hybridized carbons (Fsp3) is 1.00. The van der Waals surface area contributed by atoms with Crippen LogP contribution in [0.1, 0.15) is 58.3 Å². The molecule has 0 heterocycles. The number of hydrogen-bond acceptors (Lipinski definition) is 3. The van der Waals surface area contributed by atoms with Gasteiger partial charge in [-0.2, -0.15) is 0 Å². The van der Waals surface area contributed by atoms with Crippen molar-refractivity contribution >= 4 is 0 Å². The van der Waals surface area contributed by atoms with Gasteiger partial charge in [0.1, 0.15) is 0 Å². The summed E-state index contributed by atoms with van der Waals surface area (Å²) in [6.07, 6.45) is 9.36. The second-order valence-electron chi connectivity index (χ2n) is 5.40. The minimum absolute atomic E-state index is 0.0995. The van der Waals surface area contributed by atoms with Crippen molar-refractivity contribution in [1.82, 2.24) is 0 Å². The predicted octanol–water partition coefficient (Wildman–Crippen LogP) is 2.46. The zero-order valence-corrected chi connectivity index (χ0v) is 11.3. The SMILES string of the molecule is CCCC1CCCC(CN)(OCCCO)CC1. The molecular weight excluding hydrogens is 214 g/mol.